The molecule has 2 aromatic carbocycles. The normalized spacial score (nSPS) is 14.9. The number of hydrogen-bond donors (Lipinski definition) is 2. The quantitative estimate of drug-likeness (QED) is 0.472. The molecule has 34 heavy (non-hydrogen) atoms. The lowest BCUT2D eigenvalue weighted by molar-refractivity contribution is -0.134. The molecule has 0 aliphatic carbocycles. The van der Waals surface area contributed by atoms with Crippen molar-refractivity contribution >= 4 is 46.0 Å². The molecule has 0 unspecified atom stereocenters. The van der Waals surface area contributed by atoms with Crippen molar-refractivity contribution in [1.29, 1.82) is 0 Å². The minimum Gasteiger partial charge on any atom is -0.446 e. The molecule has 2 aromatic rings. The summed E-state index contributed by atoms with van der Waals surface area (Å²) in [7, 11) is 1.43. The molecule has 0 saturated carbocycles. The fourth-order valence-corrected chi connectivity index (χ4v) is 3.81. The number of halogens is 4. The van der Waals surface area contributed by atoms with Crippen molar-refractivity contribution in [2.75, 3.05) is 32.1 Å². The third kappa shape index (κ3) is 5.93. The lowest BCUT2D eigenvalue weighted by Crippen LogP contribution is -2.67. The van der Waals surface area contributed by atoms with Gasteiger partial charge in [0.15, 0.2) is 11.6 Å². The maximum atomic E-state index is 14.6. The zero-order valence-corrected chi connectivity index (χ0v) is 21.3. The topological polar surface area (TPSA) is 79.9 Å². The Balaban J connectivity index is 1.75. The minimum atomic E-state index is -1.30. The summed E-state index contributed by atoms with van der Waals surface area (Å²) in [5.74, 6) is -3.77. The third-order valence-electron chi connectivity index (χ3n) is 5.14. The number of likely N-dealkylation sites (tertiary alicyclic amines) is 1. The average molecular weight is 591 g/mol. The number of carbonyl (C=O) groups excluding carboxylic acids is 2. The number of alkyl carbamates (subject to hydrolysis) is 1. The second kappa shape index (κ2) is 9.98. The van der Waals surface area contributed by atoms with Gasteiger partial charge in [-0.05, 0) is 73.7 Å². The average Bonchev–Trinajstić information content (AvgIpc) is 2.71. The summed E-state index contributed by atoms with van der Waals surface area (Å²) in [4.78, 5) is 26.4. The molecule has 2 N–H and O–H groups in total. The van der Waals surface area contributed by atoms with Crippen LogP contribution in [-0.2, 0) is 9.47 Å². The van der Waals surface area contributed by atoms with Gasteiger partial charge in [-0.3, -0.25) is 4.79 Å². The fourth-order valence-electron chi connectivity index (χ4n) is 3.36. The van der Waals surface area contributed by atoms with Crippen LogP contribution in [0, 0.1) is 21.0 Å². The van der Waals surface area contributed by atoms with E-state index in [0.29, 0.717) is 3.57 Å². The number of anilines is 2. The van der Waals surface area contributed by atoms with Crippen LogP contribution in [0.25, 0.3) is 0 Å². The van der Waals surface area contributed by atoms with E-state index in [1.54, 1.807) is 26.8 Å². The minimum absolute atomic E-state index is 0.0570. The predicted molar refractivity (Wildman–Crippen MR) is 129 cm³/mol. The van der Waals surface area contributed by atoms with Crippen molar-refractivity contribution in [2.45, 2.75) is 31.9 Å². The standard InChI is InChI=1S/C23H25F3IN3O4/c1-22(2,3)29-21(32)34-12-23(33-4)10-30(11-23)20(31)14-6-7-15(24)18(26)19(14)28-17-8-5-13(27)9-16(17)25/h5-9,28H,10-12H2,1-4H3,(H,29,32). The van der Waals surface area contributed by atoms with Crippen molar-refractivity contribution in [3.05, 3.63) is 56.9 Å². The smallest absolute Gasteiger partial charge is 0.407 e. The molecule has 1 fully saturated rings. The fraction of sp³-hybridized carbons (Fsp3) is 0.391. The van der Waals surface area contributed by atoms with E-state index < -0.39 is 46.3 Å². The van der Waals surface area contributed by atoms with Gasteiger partial charge >= 0.3 is 6.09 Å². The summed E-state index contributed by atoms with van der Waals surface area (Å²) in [5.41, 5.74) is -2.16. The van der Waals surface area contributed by atoms with Crippen LogP contribution in [-0.4, -0.2) is 54.8 Å². The van der Waals surface area contributed by atoms with Gasteiger partial charge in [0, 0.05) is 16.2 Å². The van der Waals surface area contributed by atoms with Crippen molar-refractivity contribution in [3.8, 4) is 0 Å². The second-order valence-electron chi connectivity index (χ2n) is 9.03. The summed E-state index contributed by atoms with van der Waals surface area (Å²) < 4.78 is 54.2. The van der Waals surface area contributed by atoms with Crippen LogP contribution in [0.3, 0.4) is 0 Å². The Bertz CT molecular complexity index is 1100. The van der Waals surface area contributed by atoms with E-state index in [0.717, 1.165) is 12.1 Å². The monoisotopic (exact) mass is 591 g/mol. The number of nitrogens with zero attached hydrogens (tertiary/aromatic N) is 1. The Kier molecular flexibility index (Phi) is 7.65. The van der Waals surface area contributed by atoms with E-state index in [9.17, 15) is 22.8 Å². The first-order valence-corrected chi connectivity index (χ1v) is 11.4. The molecular formula is C23H25F3IN3O4. The number of rotatable bonds is 6. The molecule has 0 radical (unpaired) electrons. The molecule has 0 bridgehead atoms. The van der Waals surface area contributed by atoms with Crippen molar-refractivity contribution in [1.82, 2.24) is 10.2 Å². The summed E-state index contributed by atoms with van der Waals surface area (Å²) in [5, 5.41) is 5.17. The van der Waals surface area contributed by atoms with Crippen LogP contribution in [0.5, 0.6) is 0 Å². The number of amides is 2. The largest absolute Gasteiger partial charge is 0.446 e. The van der Waals surface area contributed by atoms with Gasteiger partial charge in [0.1, 0.15) is 18.0 Å². The highest BCUT2D eigenvalue weighted by molar-refractivity contribution is 14.1. The van der Waals surface area contributed by atoms with Crippen LogP contribution < -0.4 is 10.6 Å². The van der Waals surface area contributed by atoms with E-state index in [4.69, 9.17) is 9.47 Å². The molecule has 184 valence electrons. The molecule has 0 aromatic heterocycles. The summed E-state index contributed by atoms with van der Waals surface area (Å²) in [6.45, 7) is 5.42. The Labute approximate surface area is 209 Å². The molecular weight excluding hydrogens is 566 g/mol. The first-order valence-electron chi connectivity index (χ1n) is 10.3. The summed E-state index contributed by atoms with van der Waals surface area (Å²) >= 11 is 1.92. The van der Waals surface area contributed by atoms with E-state index in [2.05, 4.69) is 10.6 Å². The highest BCUT2D eigenvalue weighted by atomic mass is 127. The molecule has 0 atom stereocenters. The SMILES string of the molecule is COC1(COC(=O)NC(C)(C)C)CN(C(=O)c2ccc(F)c(F)c2Nc2ccc(I)cc2F)C1. The van der Waals surface area contributed by atoms with Crippen LogP contribution in [0.1, 0.15) is 31.1 Å². The molecule has 11 heteroatoms. The number of hydrogen-bond acceptors (Lipinski definition) is 5. The van der Waals surface area contributed by atoms with E-state index in [1.165, 1.54) is 24.1 Å². The predicted octanol–water partition coefficient (Wildman–Crippen LogP) is 4.82. The van der Waals surface area contributed by atoms with Gasteiger partial charge in [0.2, 0.25) is 0 Å². The van der Waals surface area contributed by atoms with Crippen LogP contribution in [0.4, 0.5) is 29.3 Å². The molecule has 1 heterocycles. The van der Waals surface area contributed by atoms with E-state index in [-0.39, 0.29) is 30.9 Å². The molecule has 7 nitrogen and oxygen atoms in total. The Morgan fingerprint density at radius 3 is 2.38 bits per heavy atom. The van der Waals surface area contributed by atoms with Crippen molar-refractivity contribution < 1.29 is 32.2 Å². The zero-order valence-electron chi connectivity index (χ0n) is 19.1. The van der Waals surface area contributed by atoms with Gasteiger partial charge in [-0.1, -0.05) is 0 Å². The van der Waals surface area contributed by atoms with Crippen LogP contribution >= 0.6 is 22.6 Å². The number of nitrogens with one attached hydrogen (secondary N) is 2. The van der Waals surface area contributed by atoms with Gasteiger partial charge in [-0.2, -0.15) is 0 Å². The highest BCUT2D eigenvalue weighted by Crippen LogP contribution is 2.33. The molecule has 3 rings (SSSR count). The van der Waals surface area contributed by atoms with E-state index >= 15 is 0 Å². The Hall–Kier alpha value is -2.54. The Morgan fingerprint density at radius 2 is 1.79 bits per heavy atom. The van der Waals surface area contributed by atoms with Gasteiger partial charge in [0.05, 0.1) is 30.0 Å². The maximum Gasteiger partial charge on any atom is 0.407 e. The first kappa shape index (κ1) is 26.1. The third-order valence-corrected chi connectivity index (χ3v) is 5.81. The maximum absolute atomic E-state index is 14.6. The zero-order chi connectivity index (χ0) is 25.3. The van der Waals surface area contributed by atoms with Crippen LogP contribution in [0.2, 0.25) is 0 Å². The molecule has 0 spiro atoms. The summed E-state index contributed by atoms with van der Waals surface area (Å²) in [6, 6.07) is 6.15. The van der Waals surface area contributed by atoms with Crippen LogP contribution in [0.15, 0.2) is 30.3 Å². The van der Waals surface area contributed by atoms with Crippen molar-refractivity contribution in [2.24, 2.45) is 0 Å². The molecule has 1 aliphatic heterocycles. The van der Waals surface area contributed by atoms with Gasteiger partial charge in [0.25, 0.3) is 5.91 Å². The first-order chi connectivity index (χ1) is 15.8. The Morgan fingerprint density at radius 1 is 1.12 bits per heavy atom. The number of carbonyl (C=O) groups is 2. The number of methoxy groups -OCH3 is 1. The highest BCUT2D eigenvalue weighted by Gasteiger charge is 2.47. The molecule has 1 aliphatic rings. The number of benzene rings is 2. The lowest BCUT2D eigenvalue weighted by Gasteiger charge is -2.48. The van der Waals surface area contributed by atoms with Gasteiger partial charge in [-0.25, -0.2) is 18.0 Å². The second-order valence-corrected chi connectivity index (χ2v) is 10.3. The van der Waals surface area contributed by atoms with Crippen molar-refractivity contribution in [3.63, 3.8) is 0 Å². The summed E-state index contributed by atoms with van der Waals surface area (Å²) in [6.07, 6.45) is -0.625. The van der Waals surface area contributed by atoms with Gasteiger partial charge in [-0.15, -0.1) is 0 Å². The molecule has 1 saturated heterocycles. The lowest BCUT2D eigenvalue weighted by atomic mass is 9.93. The van der Waals surface area contributed by atoms with E-state index in [1.807, 2.05) is 22.6 Å². The van der Waals surface area contributed by atoms with Gasteiger partial charge < -0.3 is 25.0 Å². The number of ether oxygens (including phenoxy) is 2. The molecule has 2 amide bonds.